The molecule has 0 saturated heterocycles. The fourth-order valence-corrected chi connectivity index (χ4v) is 1.94. The molecular formula is C16H21N3O2. The van der Waals surface area contributed by atoms with Gasteiger partial charge in [0, 0.05) is 32.1 Å². The van der Waals surface area contributed by atoms with Gasteiger partial charge < -0.3 is 10.2 Å². The number of nitrogens with one attached hydrogen (secondary N) is 1. The molecule has 1 N–H and O–H groups in total. The molecule has 112 valence electrons. The minimum atomic E-state index is -0.118. The van der Waals surface area contributed by atoms with Crippen LogP contribution in [0.3, 0.4) is 0 Å². The fraction of sp³-hybridized carbons (Fsp3) is 0.438. The second-order valence-corrected chi connectivity index (χ2v) is 4.79. The minimum absolute atomic E-state index is 0.00567. The van der Waals surface area contributed by atoms with Gasteiger partial charge in [0.25, 0.3) is 0 Å². The Balaban J connectivity index is 2.60. The van der Waals surface area contributed by atoms with Crippen molar-refractivity contribution in [3.05, 3.63) is 29.8 Å². The first-order chi connectivity index (χ1) is 10.1. The summed E-state index contributed by atoms with van der Waals surface area (Å²) >= 11 is 0. The SMILES string of the molecule is CCCCC(=O)NCCN(C(C)=O)c1cccc(C#N)c1. The Kier molecular flexibility index (Phi) is 6.96. The molecule has 0 aromatic heterocycles. The van der Waals surface area contributed by atoms with Crippen LogP contribution in [0.5, 0.6) is 0 Å². The van der Waals surface area contributed by atoms with Gasteiger partial charge in [0.05, 0.1) is 11.6 Å². The summed E-state index contributed by atoms with van der Waals surface area (Å²) in [5.41, 5.74) is 1.18. The number of rotatable bonds is 7. The molecule has 0 aliphatic rings. The normalized spacial score (nSPS) is 9.76. The molecule has 1 aromatic carbocycles. The number of carbonyl (C=O) groups excluding carboxylic acids is 2. The highest BCUT2D eigenvalue weighted by Gasteiger charge is 2.12. The second kappa shape index (κ2) is 8.75. The third kappa shape index (κ3) is 5.65. The molecular weight excluding hydrogens is 266 g/mol. The van der Waals surface area contributed by atoms with Crippen molar-refractivity contribution in [3.63, 3.8) is 0 Å². The van der Waals surface area contributed by atoms with Gasteiger partial charge >= 0.3 is 0 Å². The van der Waals surface area contributed by atoms with Crippen molar-refractivity contribution in [2.75, 3.05) is 18.0 Å². The van der Waals surface area contributed by atoms with Crippen LogP contribution in [0, 0.1) is 11.3 Å². The monoisotopic (exact) mass is 287 g/mol. The summed E-state index contributed by atoms with van der Waals surface area (Å²) < 4.78 is 0. The van der Waals surface area contributed by atoms with E-state index in [9.17, 15) is 9.59 Å². The Morgan fingerprint density at radius 3 is 2.76 bits per heavy atom. The molecule has 0 atom stereocenters. The zero-order valence-corrected chi connectivity index (χ0v) is 12.6. The van der Waals surface area contributed by atoms with E-state index in [0.717, 1.165) is 12.8 Å². The van der Waals surface area contributed by atoms with Gasteiger partial charge in [-0.1, -0.05) is 19.4 Å². The van der Waals surface area contributed by atoms with Gasteiger partial charge in [-0.2, -0.15) is 5.26 Å². The first-order valence-electron chi connectivity index (χ1n) is 7.13. The summed E-state index contributed by atoms with van der Waals surface area (Å²) in [6.07, 6.45) is 2.36. The molecule has 5 heteroatoms. The molecule has 1 aromatic rings. The average molecular weight is 287 g/mol. The number of hydrogen-bond donors (Lipinski definition) is 1. The predicted molar refractivity (Wildman–Crippen MR) is 81.7 cm³/mol. The van der Waals surface area contributed by atoms with Crippen LogP contribution in [0.25, 0.3) is 0 Å². The number of hydrogen-bond acceptors (Lipinski definition) is 3. The lowest BCUT2D eigenvalue weighted by atomic mass is 10.2. The van der Waals surface area contributed by atoms with Gasteiger partial charge in [-0.15, -0.1) is 0 Å². The molecule has 0 bridgehead atoms. The van der Waals surface area contributed by atoms with Crippen LogP contribution >= 0.6 is 0 Å². The minimum Gasteiger partial charge on any atom is -0.354 e. The van der Waals surface area contributed by atoms with E-state index >= 15 is 0 Å². The molecule has 0 aliphatic heterocycles. The number of unbranched alkanes of at least 4 members (excludes halogenated alkanes) is 1. The highest BCUT2D eigenvalue weighted by Crippen LogP contribution is 2.15. The lowest BCUT2D eigenvalue weighted by Crippen LogP contribution is -2.37. The first kappa shape index (κ1) is 16.7. The van der Waals surface area contributed by atoms with Crippen molar-refractivity contribution in [2.24, 2.45) is 0 Å². The first-order valence-corrected chi connectivity index (χ1v) is 7.13. The maximum absolute atomic E-state index is 11.7. The zero-order chi connectivity index (χ0) is 15.7. The van der Waals surface area contributed by atoms with Crippen LogP contribution in [0.2, 0.25) is 0 Å². The van der Waals surface area contributed by atoms with Crippen LogP contribution < -0.4 is 10.2 Å². The highest BCUT2D eigenvalue weighted by atomic mass is 16.2. The van der Waals surface area contributed by atoms with Crippen molar-refractivity contribution in [1.82, 2.24) is 5.32 Å². The van der Waals surface area contributed by atoms with Gasteiger partial charge in [0.2, 0.25) is 11.8 Å². The largest absolute Gasteiger partial charge is 0.354 e. The molecule has 2 amide bonds. The topological polar surface area (TPSA) is 73.2 Å². The van der Waals surface area contributed by atoms with E-state index in [1.54, 1.807) is 29.2 Å². The maximum Gasteiger partial charge on any atom is 0.223 e. The van der Waals surface area contributed by atoms with Gasteiger partial charge in [-0.05, 0) is 24.6 Å². The lowest BCUT2D eigenvalue weighted by molar-refractivity contribution is -0.121. The molecule has 0 saturated carbocycles. The molecule has 5 nitrogen and oxygen atoms in total. The summed E-state index contributed by atoms with van der Waals surface area (Å²) in [6, 6.07) is 8.93. The summed E-state index contributed by atoms with van der Waals surface area (Å²) in [5.74, 6) is -0.112. The number of anilines is 1. The Morgan fingerprint density at radius 2 is 2.14 bits per heavy atom. The molecule has 0 unspecified atom stereocenters. The second-order valence-electron chi connectivity index (χ2n) is 4.79. The van der Waals surface area contributed by atoms with Crippen molar-refractivity contribution >= 4 is 17.5 Å². The molecule has 21 heavy (non-hydrogen) atoms. The number of nitrogens with zero attached hydrogens (tertiary/aromatic N) is 2. The van der Waals surface area contributed by atoms with Crippen LogP contribution in [-0.2, 0) is 9.59 Å². The predicted octanol–water partition coefficient (Wildman–Crippen LogP) is 2.22. The van der Waals surface area contributed by atoms with Gasteiger partial charge in [0.15, 0.2) is 0 Å². The van der Waals surface area contributed by atoms with E-state index < -0.39 is 0 Å². The Labute approximate surface area is 125 Å². The zero-order valence-electron chi connectivity index (χ0n) is 12.6. The van der Waals surface area contributed by atoms with Crippen LogP contribution in [0.4, 0.5) is 5.69 Å². The van der Waals surface area contributed by atoms with E-state index in [1.807, 2.05) is 6.92 Å². The van der Waals surface area contributed by atoms with Gasteiger partial charge in [-0.3, -0.25) is 9.59 Å². The number of benzene rings is 1. The highest BCUT2D eigenvalue weighted by molar-refractivity contribution is 5.91. The number of carbonyl (C=O) groups is 2. The molecule has 0 radical (unpaired) electrons. The van der Waals surface area contributed by atoms with Crippen LogP contribution in [0.1, 0.15) is 38.7 Å². The third-order valence-corrected chi connectivity index (χ3v) is 3.08. The molecule has 0 aliphatic carbocycles. The van der Waals surface area contributed by atoms with Gasteiger partial charge in [0.1, 0.15) is 0 Å². The summed E-state index contributed by atoms with van der Waals surface area (Å²) in [5, 5.41) is 11.7. The quantitative estimate of drug-likeness (QED) is 0.835. The van der Waals surface area contributed by atoms with E-state index in [2.05, 4.69) is 11.4 Å². The Bertz CT molecular complexity index is 535. The van der Waals surface area contributed by atoms with Crippen molar-refractivity contribution in [2.45, 2.75) is 33.1 Å². The summed E-state index contributed by atoms with van der Waals surface area (Å²) in [4.78, 5) is 24.8. The van der Waals surface area contributed by atoms with E-state index in [4.69, 9.17) is 5.26 Å². The molecule has 0 spiro atoms. The standard InChI is InChI=1S/C16H21N3O2/c1-3-4-8-16(21)18-9-10-19(13(2)20)15-7-5-6-14(11-15)12-17/h5-7,11H,3-4,8-10H2,1-2H3,(H,18,21). The third-order valence-electron chi connectivity index (χ3n) is 3.08. The summed E-state index contributed by atoms with van der Waals surface area (Å²) in [6.45, 7) is 4.30. The Morgan fingerprint density at radius 1 is 1.38 bits per heavy atom. The number of nitriles is 1. The molecule has 1 rings (SSSR count). The molecule has 0 heterocycles. The van der Waals surface area contributed by atoms with Crippen molar-refractivity contribution in [3.8, 4) is 6.07 Å². The summed E-state index contributed by atoms with van der Waals surface area (Å²) in [7, 11) is 0. The maximum atomic E-state index is 11.7. The van der Waals surface area contributed by atoms with Gasteiger partial charge in [-0.25, -0.2) is 0 Å². The van der Waals surface area contributed by atoms with E-state index in [0.29, 0.717) is 30.8 Å². The van der Waals surface area contributed by atoms with Crippen LogP contribution in [0.15, 0.2) is 24.3 Å². The van der Waals surface area contributed by atoms with Crippen molar-refractivity contribution < 1.29 is 9.59 Å². The van der Waals surface area contributed by atoms with Crippen molar-refractivity contribution in [1.29, 1.82) is 5.26 Å². The molecule has 0 fully saturated rings. The average Bonchev–Trinajstić information content (AvgIpc) is 2.49. The van der Waals surface area contributed by atoms with Crippen LogP contribution in [-0.4, -0.2) is 24.9 Å². The fourth-order valence-electron chi connectivity index (χ4n) is 1.94. The van der Waals surface area contributed by atoms with E-state index in [1.165, 1.54) is 6.92 Å². The lowest BCUT2D eigenvalue weighted by Gasteiger charge is -2.21. The number of amides is 2. The van der Waals surface area contributed by atoms with E-state index in [-0.39, 0.29) is 11.8 Å². The Hall–Kier alpha value is -2.35. The smallest absolute Gasteiger partial charge is 0.223 e.